The predicted octanol–water partition coefficient (Wildman–Crippen LogP) is 3.08. The number of esters is 1. The average molecular weight is 208 g/mol. The third-order valence-corrected chi connectivity index (χ3v) is 4.24. The van der Waals surface area contributed by atoms with Crippen molar-refractivity contribution in [2.75, 3.05) is 7.11 Å². The number of methoxy groups -OCH3 is 1. The van der Waals surface area contributed by atoms with E-state index in [1.807, 2.05) is 0 Å². The zero-order valence-corrected chi connectivity index (χ0v) is 9.55. The van der Waals surface area contributed by atoms with Crippen molar-refractivity contribution >= 4 is 5.97 Å². The third-order valence-electron chi connectivity index (χ3n) is 4.24. The van der Waals surface area contributed by atoms with E-state index in [4.69, 9.17) is 4.74 Å². The molecule has 0 unspecified atom stereocenters. The summed E-state index contributed by atoms with van der Waals surface area (Å²) in [5, 5.41) is 0. The molecule has 0 aromatic heterocycles. The van der Waals surface area contributed by atoms with Crippen LogP contribution in [0.5, 0.6) is 0 Å². The standard InChI is InChI=1S/C13H20O2/c1-10-6-5-9-13(12(14)15-2)8-4-3-7-11(10)13/h11H,1,3-9H2,2H3/t11-,13-/m0/s1. The van der Waals surface area contributed by atoms with Gasteiger partial charge in [0.25, 0.3) is 0 Å². The third kappa shape index (κ3) is 1.60. The maximum Gasteiger partial charge on any atom is 0.312 e. The molecule has 0 aromatic rings. The Labute approximate surface area is 91.7 Å². The molecule has 0 aromatic carbocycles. The zero-order valence-electron chi connectivity index (χ0n) is 9.55. The molecule has 0 spiro atoms. The molecule has 2 rings (SSSR count). The number of ether oxygens (including phenoxy) is 1. The second-order valence-corrected chi connectivity index (χ2v) is 4.96. The van der Waals surface area contributed by atoms with Crippen molar-refractivity contribution in [3.63, 3.8) is 0 Å². The molecule has 0 aliphatic heterocycles. The molecular weight excluding hydrogens is 188 g/mol. The van der Waals surface area contributed by atoms with Crippen molar-refractivity contribution in [2.24, 2.45) is 11.3 Å². The Bertz CT molecular complexity index is 278. The van der Waals surface area contributed by atoms with Crippen molar-refractivity contribution in [2.45, 2.75) is 44.9 Å². The highest BCUT2D eigenvalue weighted by Gasteiger charge is 2.50. The first-order valence-electron chi connectivity index (χ1n) is 5.97. The van der Waals surface area contributed by atoms with Crippen LogP contribution in [0.2, 0.25) is 0 Å². The van der Waals surface area contributed by atoms with Crippen LogP contribution in [0, 0.1) is 11.3 Å². The largest absolute Gasteiger partial charge is 0.469 e. The topological polar surface area (TPSA) is 26.3 Å². The first-order chi connectivity index (χ1) is 7.20. The SMILES string of the molecule is C=C1CCC[C@@]2(C(=O)OC)CCCC[C@@H]12. The van der Waals surface area contributed by atoms with Gasteiger partial charge < -0.3 is 4.74 Å². The maximum absolute atomic E-state index is 12.0. The van der Waals surface area contributed by atoms with Crippen LogP contribution in [0.25, 0.3) is 0 Å². The van der Waals surface area contributed by atoms with E-state index < -0.39 is 0 Å². The van der Waals surface area contributed by atoms with E-state index >= 15 is 0 Å². The van der Waals surface area contributed by atoms with Gasteiger partial charge in [-0.05, 0) is 38.0 Å². The van der Waals surface area contributed by atoms with Crippen molar-refractivity contribution in [3.8, 4) is 0 Å². The van der Waals surface area contributed by atoms with E-state index in [0.29, 0.717) is 5.92 Å². The lowest BCUT2D eigenvalue weighted by molar-refractivity contribution is -0.159. The van der Waals surface area contributed by atoms with Crippen molar-refractivity contribution in [1.82, 2.24) is 0 Å². The Balaban J connectivity index is 2.29. The molecule has 0 saturated heterocycles. The monoisotopic (exact) mass is 208 g/mol. The molecule has 2 heteroatoms. The van der Waals surface area contributed by atoms with Gasteiger partial charge in [0.05, 0.1) is 12.5 Å². The Morgan fingerprint density at radius 2 is 2.13 bits per heavy atom. The molecule has 0 N–H and O–H groups in total. The number of carbonyl (C=O) groups is 1. The summed E-state index contributed by atoms with van der Waals surface area (Å²) in [5.41, 5.74) is 1.08. The van der Waals surface area contributed by atoms with Gasteiger partial charge in [0, 0.05) is 0 Å². The number of hydrogen-bond acceptors (Lipinski definition) is 2. The van der Waals surface area contributed by atoms with Crippen LogP contribution in [0.1, 0.15) is 44.9 Å². The summed E-state index contributed by atoms with van der Waals surface area (Å²) in [6, 6.07) is 0. The molecule has 0 heterocycles. The molecule has 15 heavy (non-hydrogen) atoms. The van der Waals surface area contributed by atoms with E-state index in [0.717, 1.165) is 32.1 Å². The normalized spacial score (nSPS) is 35.8. The summed E-state index contributed by atoms with van der Waals surface area (Å²) in [6.07, 6.45) is 7.75. The summed E-state index contributed by atoms with van der Waals surface area (Å²) in [4.78, 5) is 12.0. The summed E-state index contributed by atoms with van der Waals surface area (Å²) in [6.45, 7) is 4.15. The van der Waals surface area contributed by atoms with Crippen LogP contribution in [0.15, 0.2) is 12.2 Å². The van der Waals surface area contributed by atoms with E-state index in [1.165, 1.54) is 25.5 Å². The summed E-state index contributed by atoms with van der Waals surface area (Å²) >= 11 is 0. The molecule has 0 amide bonds. The zero-order chi connectivity index (χ0) is 10.9. The van der Waals surface area contributed by atoms with Crippen LogP contribution in [0.4, 0.5) is 0 Å². The van der Waals surface area contributed by atoms with Gasteiger partial charge in [-0.3, -0.25) is 4.79 Å². The fourth-order valence-corrected chi connectivity index (χ4v) is 3.49. The van der Waals surface area contributed by atoms with Gasteiger partial charge in [-0.2, -0.15) is 0 Å². The molecule has 84 valence electrons. The molecule has 2 aliphatic rings. The average Bonchev–Trinajstić information content (AvgIpc) is 2.28. The van der Waals surface area contributed by atoms with Crippen LogP contribution in [0.3, 0.4) is 0 Å². The predicted molar refractivity (Wildman–Crippen MR) is 59.4 cm³/mol. The fourth-order valence-electron chi connectivity index (χ4n) is 3.49. The minimum Gasteiger partial charge on any atom is -0.469 e. The molecule has 2 fully saturated rings. The van der Waals surface area contributed by atoms with Gasteiger partial charge in [0.1, 0.15) is 0 Å². The van der Waals surface area contributed by atoms with Crippen LogP contribution >= 0.6 is 0 Å². The second-order valence-electron chi connectivity index (χ2n) is 4.96. The number of rotatable bonds is 1. The summed E-state index contributed by atoms with van der Waals surface area (Å²) < 4.78 is 5.02. The maximum atomic E-state index is 12.0. The molecule has 0 radical (unpaired) electrons. The highest BCUT2D eigenvalue weighted by atomic mass is 16.5. The second kappa shape index (κ2) is 3.99. The molecule has 2 atom stereocenters. The molecule has 2 saturated carbocycles. The first-order valence-corrected chi connectivity index (χ1v) is 5.97. The van der Waals surface area contributed by atoms with E-state index in [-0.39, 0.29) is 11.4 Å². The van der Waals surface area contributed by atoms with Crippen molar-refractivity contribution in [1.29, 1.82) is 0 Å². The lowest BCUT2D eigenvalue weighted by Gasteiger charge is -2.46. The highest BCUT2D eigenvalue weighted by molar-refractivity contribution is 5.78. The Morgan fingerprint density at radius 3 is 2.87 bits per heavy atom. The lowest BCUT2D eigenvalue weighted by Crippen LogP contribution is -2.44. The van der Waals surface area contributed by atoms with Gasteiger partial charge in [-0.25, -0.2) is 0 Å². The first kappa shape index (κ1) is 10.7. The summed E-state index contributed by atoms with van der Waals surface area (Å²) in [7, 11) is 1.51. The van der Waals surface area contributed by atoms with Crippen LogP contribution < -0.4 is 0 Å². The minimum absolute atomic E-state index is 0.00745. The number of hydrogen-bond donors (Lipinski definition) is 0. The van der Waals surface area contributed by atoms with Gasteiger partial charge in [-0.15, -0.1) is 0 Å². The quantitative estimate of drug-likeness (QED) is 0.489. The van der Waals surface area contributed by atoms with Crippen molar-refractivity contribution in [3.05, 3.63) is 12.2 Å². The van der Waals surface area contributed by atoms with Crippen LogP contribution in [-0.4, -0.2) is 13.1 Å². The summed E-state index contributed by atoms with van der Waals surface area (Å²) in [5.74, 6) is 0.403. The number of allylic oxidation sites excluding steroid dienone is 1. The minimum atomic E-state index is -0.206. The van der Waals surface area contributed by atoms with Gasteiger partial charge in [0.15, 0.2) is 0 Å². The number of fused-ring (bicyclic) bond motifs is 1. The van der Waals surface area contributed by atoms with E-state index in [9.17, 15) is 4.79 Å². The molecule has 2 nitrogen and oxygen atoms in total. The van der Waals surface area contributed by atoms with Crippen LogP contribution in [-0.2, 0) is 9.53 Å². The van der Waals surface area contributed by atoms with E-state index in [1.54, 1.807) is 0 Å². The Morgan fingerprint density at radius 1 is 1.40 bits per heavy atom. The smallest absolute Gasteiger partial charge is 0.312 e. The van der Waals surface area contributed by atoms with E-state index in [2.05, 4.69) is 6.58 Å². The number of carbonyl (C=O) groups excluding carboxylic acids is 1. The Hall–Kier alpha value is -0.790. The van der Waals surface area contributed by atoms with Gasteiger partial charge >= 0.3 is 5.97 Å². The van der Waals surface area contributed by atoms with Gasteiger partial charge in [-0.1, -0.05) is 25.0 Å². The Kier molecular flexibility index (Phi) is 2.85. The molecule has 0 bridgehead atoms. The molecular formula is C13H20O2. The lowest BCUT2D eigenvalue weighted by atomic mass is 9.58. The fraction of sp³-hybridized carbons (Fsp3) is 0.769. The molecule has 2 aliphatic carbocycles. The van der Waals surface area contributed by atoms with Crippen molar-refractivity contribution < 1.29 is 9.53 Å². The van der Waals surface area contributed by atoms with Gasteiger partial charge in [0.2, 0.25) is 0 Å². The highest BCUT2D eigenvalue weighted by Crippen LogP contribution is 2.52.